The van der Waals surface area contributed by atoms with E-state index in [2.05, 4.69) is 28.8 Å². The zero-order chi connectivity index (χ0) is 18.5. The van der Waals surface area contributed by atoms with Crippen molar-refractivity contribution in [2.75, 3.05) is 11.0 Å². The number of H-pyrrole nitrogens is 1. The third kappa shape index (κ3) is 2.99. The highest BCUT2D eigenvalue weighted by Crippen LogP contribution is 2.53. The molecule has 0 aliphatic heterocycles. The molecule has 1 heterocycles. The number of halogens is 1. The van der Waals surface area contributed by atoms with Crippen molar-refractivity contribution in [1.29, 1.82) is 0 Å². The lowest BCUT2D eigenvalue weighted by Crippen LogP contribution is -2.26. The quantitative estimate of drug-likeness (QED) is 0.652. The van der Waals surface area contributed by atoms with Crippen molar-refractivity contribution in [3.8, 4) is 0 Å². The van der Waals surface area contributed by atoms with Crippen molar-refractivity contribution < 1.29 is 8.42 Å². The van der Waals surface area contributed by atoms with E-state index in [9.17, 15) is 8.42 Å². The maximum atomic E-state index is 11.7. The summed E-state index contributed by atoms with van der Waals surface area (Å²) in [4.78, 5) is 3.30. The van der Waals surface area contributed by atoms with Gasteiger partial charge in [-0.25, -0.2) is 8.42 Å². The molecule has 0 spiro atoms. The fraction of sp³-hybridized carbons (Fsp3) is 0.300. The minimum absolute atomic E-state index is 0.146. The van der Waals surface area contributed by atoms with Gasteiger partial charge in [-0.15, -0.1) is 0 Å². The van der Waals surface area contributed by atoms with Crippen molar-refractivity contribution in [1.82, 2.24) is 4.98 Å². The Balaban J connectivity index is 1.89. The number of fused-ring (bicyclic) bond motifs is 1. The van der Waals surface area contributed by atoms with Gasteiger partial charge in [-0.05, 0) is 48.1 Å². The van der Waals surface area contributed by atoms with Gasteiger partial charge in [0.05, 0.1) is 17.5 Å². The second kappa shape index (κ2) is 6.03. The molecule has 0 unspecified atom stereocenters. The van der Waals surface area contributed by atoms with Crippen LogP contribution in [0, 0.1) is 5.92 Å². The first-order valence-electron chi connectivity index (χ1n) is 8.63. The molecule has 1 aliphatic rings. The first-order chi connectivity index (χ1) is 12.3. The molecule has 1 aliphatic carbocycles. The van der Waals surface area contributed by atoms with E-state index >= 15 is 0 Å². The van der Waals surface area contributed by atoms with Crippen LogP contribution >= 0.6 is 11.6 Å². The van der Waals surface area contributed by atoms with Crippen molar-refractivity contribution >= 4 is 38.2 Å². The number of rotatable bonds is 5. The van der Waals surface area contributed by atoms with E-state index in [1.165, 1.54) is 24.0 Å². The molecular formula is C20H21ClN2O2S. The van der Waals surface area contributed by atoms with Gasteiger partial charge < -0.3 is 4.98 Å². The van der Waals surface area contributed by atoms with Gasteiger partial charge in [0.1, 0.15) is 0 Å². The van der Waals surface area contributed by atoms with Gasteiger partial charge in [0.15, 0.2) is 0 Å². The van der Waals surface area contributed by atoms with Crippen LogP contribution in [0.5, 0.6) is 0 Å². The molecule has 0 amide bonds. The molecule has 26 heavy (non-hydrogen) atoms. The molecular weight excluding hydrogens is 368 g/mol. The van der Waals surface area contributed by atoms with Crippen LogP contribution in [0.3, 0.4) is 0 Å². The van der Waals surface area contributed by atoms with Gasteiger partial charge in [-0.3, -0.25) is 4.72 Å². The van der Waals surface area contributed by atoms with Crippen LogP contribution in [-0.4, -0.2) is 19.7 Å². The van der Waals surface area contributed by atoms with Crippen molar-refractivity contribution in [2.45, 2.75) is 25.2 Å². The minimum atomic E-state index is -3.34. The summed E-state index contributed by atoms with van der Waals surface area (Å²) in [6.45, 7) is 2.27. The van der Waals surface area contributed by atoms with Crippen LogP contribution in [-0.2, 0) is 15.4 Å². The summed E-state index contributed by atoms with van der Waals surface area (Å²) in [6.07, 6.45) is 5.56. The SMILES string of the molecule is C[C@@](c1ccc(Cl)cc1)(c1c[nH]c2c(NS(C)(=O)=O)cccc12)C1CC1. The number of benzene rings is 2. The molecule has 1 fully saturated rings. The van der Waals surface area contributed by atoms with E-state index in [1.807, 2.05) is 30.5 Å². The van der Waals surface area contributed by atoms with Crippen LogP contribution < -0.4 is 4.72 Å². The van der Waals surface area contributed by atoms with Crippen molar-refractivity contribution in [2.24, 2.45) is 5.92 Å². The number of para-hydroxylation sites is 1. The van der Waals surface area contributed by atoms with Gasteiger partial charge in [-0.2, -0.15) is 0 Å². The van der Waals surface area contributed by atoms with Gasteiger partial charge in [0.2, 0.25) is 10.0 Å². The van der Waals surface area contributed by atoms with Crippen LogP contribution in [0.2, 0.25) is 5.02 Å². The van der Waals surface area contributed by atoms with E-state index in [4.69, 9.17) is 11.6 Å². The van der Waals surface area contributed by atoms with E-state index in [-0.39, 0.29) is 5.41 Å². The predicted octanol–water partition coefficient (Wildman–Crippen LogP) is 4.91. The number of hydrogen-bond donors (Lipinski definition) is 2. The highest BCUT2D eigenvalue weighted by Gasteiger charge is 2.45. The monoisotopic (exact) mass is 388 g/mol. The maximum Gasteiger partial charge on any atom is 0.229 e. The number of anilines is 1. The number of aromatic amines is 1. The van der Waals surface area contributed by atoms with E-state index in [1.54, 1.807) is 6.07 Å². The fourth-order valence-electron chi connectivity index (χ4n) is 3.94. The Bertz CT molecular complexity index is 1070. The molecule has 3 aromatic rings. The molecule has 4 rings (SSSR count). The summed E-state index contributed by atoms with van der Waals surface area (Å²) in [5.41, 5.74) is 3.66. The number of sulfonamides is 1. The molecule has 2 aromatic carbocycles. The number of hydrogen-bond acceptors (Lipinski definition) is 2. The van der Waals surface area contributed by atoms with Gasteiger partial charge >= 0.3 is 0 Å². The largest absolute Gasteiger partial charge is 0.359 e. The van der Waals surface area contributed by atoms with Crippen molar-refractivity contribution in [3.05, 3.63) is 64.8 Å². The molecule has 6 heteroatoms. The molecule has 0 saturated heterocycles. The first-order valence-corrected chi connectivity index (χ1v) is 10.9. The second-order valence-corrected chi connectivity index (χ2v) is 9.47. The van der Waals surface area contributed by atoms with Crippen LogP contribution in [0.15, 0.2) is 48.7 Å². The van der Waals surface area contributed by atoms with Gasteiger partial charge in [-0.1, -0.05) is 42.8 Å². The molecule has 136 valence electrons. The average molecular weight is 389 g/mol. The Morgan fingerprint density at radius 2 is 1.85 bits per heavy atom. The lowest BCUT2D eigenvalue weighted by molar-refractivity contribution is 0.499. The average Bonchev–Trinajstić information content (AvgIpc) is 3.33. The first kappa shape index (κ1) is 17.4. The Hall–Kier alpha value is -1.98. The van der Waals surface area contributed by atoms with E-state index in [0.29, 0.717) is 11.6 Å². The summed E-state index contributed by atoms with van der Waals surface area (Å²) >= 11 is 6.09. The summed E-state index contributed by atoms with van der Waals surface area (Å²) in [5.74, 6) is 0.564. The topological polar surface area (TPSA) is 62.0 Å². The Morgan fingerprint density at radius 1 is 1.15 bits per heavy atom. The standard InChI is InChI=1S/C20H21ClN2O2S/c1-20(13-6-7-13,14-8-10-15(21)11-9-14)17-12-22-19-16(17)4-3-5-18(19)23-26(2,24)25/h3-5,8-13,22-23H,6-7H2,1-2H3/t20-/m1/s1. The molecule has 4 nitrogen and oxygen atoms in total. The summed E-state index contributed by atoms with van der Waals surface area (Å²) in [7, 11) is -3.34. The third-order valence-electron chi connectivity index (χ3n) is 5.41. The van der Waals surface area contributed by atoms with Gasteiger partial charge in [0.25, 0.3) is 0 Å². The Kier molecular flexibility index (Phi) is 4.04. The lowest BCUT2D eigenvalue weighted by Gasteiger charge is -2.31. The summed E-state index contributed by atoms with van der Waals surface area (Å²) in [6, 6.07) is 13.8. The Labute approximate surface area is 158 Å². The van der Waals surface area contributed by atoms with Gasteiger partial charge in [0, 0.05) is 22.0 Å². The van der Waals surface area contributed by atoms with Crippen LogP contribution in [0.1, 0.15) is 30.9 Å². The zero-order valence-electron chi connectivity index (χ0n) is 14.7. The number of aromatic nitrogens is 1. The smallest absolute Gasteiger partial charge is 0.229 e. The zero-order valence-corrected chi connectivity index (χ0v) is 16.3. The third-order valence-corrected chi connectivity index (χ3v) is 6.25. The molecule has 1 aromatic heterocycles. The highest BCUT2D eigenvalue weighted by molar-refractivity contribution is 7.92. The summed E-state index contributed by atoms with van der Waals surface area (Å²) < 4.78 is 26.0. The van der Waals surface area contributed by atoms with E-state index in [0.717, 1.165) is 22.2 Å². The maximum absolute atomic E-state index is 11.7. The van der Waals surface area contributed by atoms with E-state index < -0.39 is 10.0 Å². The highest BCUT2D eigenvalue weighted by atomic mass is 35.5. The van der Waals surface area contributed by atoms with Crippen LogP contribution in [0.25, 0.3) is 10.9 Å². The summed E-state index contributed by atoms with van der Waals surface area (Å²) in [5, 5.41) is 1.77. The molecule has 1 atom stereocenters. The molecule has 0 radical (unpaired) electrons. The molecule has 0 bridgehead atoms. The predicted molar refractivity (Wildman–Crippen MR) is 107 cm³/mol. The van der Waals surface area contributed by atoms with Crippen molar-refractivity contribution in [3.63, 3.8) is 0 Å². The van der Waals surface area contributed by atoms with Crippen LogP contribution in [0.4, 0.5) is 5.69 Å². The normalized spacial score (nSPS) is 17.2. The second-order valence-electron chi connectivity index (χ2n) is 7.29. The molecule has 2 N–H and O–H groups in total. The fourth-order valence-corrected chi connectivity index (χ4v) is 4.63. The lowest BCUT2D eigenvalue weighted by atomic mass is 9.72. The Morgan fingerprint density at radius 3 is 2.46 bits per heavy atom. The number of nitrogens with one attached hydrogen (secondary N) is 2. The molecule has 1 saturated carbocycles. The minimum Gasteiger partial charge on any atom is -0.359 e.